The van der Waals surface area contributed by atoms with E-state index in [1.165, 1.54) is 11.1 Å². The summed E-state index contributed by atoms with van der Waals surface area (Å²) >= 11 is 5.39. The number of benzene rings is 1. The van der Waals surface area contributed by atoms with Crippen LogP contribution in [-0.2, 0) is 0 Å². The highest BCUT2D eigenvalue weighted by Crippen LogP contribution is 2.21. The Balaban J connectivity index is 2.05. The SMILES string of the molecule is CC[C@@H](NC(=S)Nc1ncccc1OC)c1ccc(C)cc1. The molecule has 2 N–H and O–H groups in total. The summed E-state index contributed by atoms with van der Waals surface area (Å²) in [4.78, 5) is 4.24. The molecule has 0 unspecified atom stereocenters. The number of rotatable bonds is 5. The molecule has 5 heteroatoms. The predicted molar refractivity (Wildman–Crippen MR) is 94.4 cm³/mol. The van der Waals surface area contributed by atoms with Crippen molar-refractivity contribution in [1.29, 1.82) is 0 Å². The molecule has 0 aliphatic heterocycles. The zero-order valence-corrected chi connectivity index (χ0v) is 13.9. The van der Waals surface area contributed by atoms with Gasteiger partial charge in [-0.1, -0.05) is 36.8 Å². The zero-order chi connectivity index (χ0) is 15.9. The Labute approximate surface area is 136 Å². The predicted octanol–water partition coefficient (Wildman–Crippen LogP) is 3.84. The third-order valence-corrected chi connectivity index (χ3v) is 3.64. The molecule has 2 rings (SSSR count). The van der Waals surface area contributed by atoms with Gasteiger partial charge in [-0.25, -0.2) is 4.98 Å². The van der Waals surface area contributed by atoms with Crippen LogP contribution in [0.4, 0.5) is 5.82 Å². The molecule has 0 aliphatic rings. The first-order chi connectivity index (χ1) is 10.6. The lowest BCUT2D eigenvalue weighted by Crippen LogP contribution is -2.32. The first-order valence-corrected chi connectivity index (χ1v) is 7.68. The summed E-state index contributed by atoms with van der Waals surface area (Å²) in [5.41, 5.74) is 2.46. The van der Waals surface area contributed by atoms with Crippen LogP contribution in [0.15, 0.2) is 42.6 Å². The van der Waals surface area contributed by atoms with E-state index in [2.05, 4.69) is 53.7 Å². The summed E-state index contributed by atoms with van der Waals surface area (Å²) in [5, 5.41) is 6.95. The Morgan fingerprint density at radius 2 is 2.00 bits per heavy atom. The first-order valence-electron chi connectivity index (χ1n) is 7.27. The van der Waals surface area contributed by atoms with Gasteiger partial charge in [0.25, 0.3) is 0 Å². The fraction of sp³-hybridized carbons (Fsp3) is 0.294. The van der Waals surface area contributed by atoms with Crippen LogP contribution in [0.5, 0.6) is 5.75 Å². The third-order valence-electron chi connectivity index (χ3n) is 3.42. The number of aryl methyl sites for hydroxylation is 1. The van der Waals surface area contributed by atoms with E-state index in [1.54, 1.807) is 13.3 Å². The third kappa shape index (κ3) is 4.18. The van der Waals surface area contributed by atoms with Crippen molar-refractivity contribution in [3.8, 4) is 5.75 Å². The molecule has 0 amide bonds. The van der Waals surface area contributed by atoms with Gasteiger partial charge in [0.15, 0.2) is 16.7 Å². The highest BCUT2D eigenvalue weighted by Gasteiger charge is 2.12. The largest absolute Gasteiger partial charge is 0.493 e. The number of hydrogen-bond acceptors (Lipinski definition) is 3. The van der Waals surface area contributed by atoms with Crippen LogP contribution >= 0.6 is 12.2 Å². The van der Waals surface area contributed by atoms with Gasteiger partial charge in [-0.15, -0.1) is 0 Å². The van der Waals surface area contributed by atoms with Crippen LogP contribution in [0.2, 0.25) is 0 Å². The molecule has 116 valence electrons. The van der Waals surface area contributed by atoms with E-state index in [9.17, 15) is 0 Å². The molecule has 1 aromatic carbocycles. The van der Waals surface area contributed by atoms with Crippen molar-refractivity contribution in [2.45, 2.75) is 26.3 Å². The molecule has 0 bridgehead atoms. The van der Waals surface area contributed by atoms with Crippen LogP contribution in [-0.4, -0.2) is 17.2 Å². The minimum atomic E-state index is 0.162. The molecule has 0 aliphatic carbocycles. The maximum Gasteiger partial charge on any atom is 0.174 e. The quantitative estimate of drug-likeness (QED) is 0.821. The molecular weight excluding hydrogens is 294 g/mol. The molecule has 0 spiro atoms. The van der Waals surface area contributed by atoms with Crippen molar-refractivity contribution in [1.82, 2.24) is 10.3 Å². The summed E-state index contributed by atoms with van der Waals surface area (Å²) < 4.78 is 5.26. The molecule has 0 radical (unpaired) electrons. The number of nitrogens with one attached hydrogen (secondary N) is 2. The summed E-state index contributed by atoms with van der Waals surface area (Å²) in [6.45, 7) is 4.21. The van der Waals surface area contributed by atoms with Crippen molar-refractivity contribution in [2.24, 2.45) is 0 Å². The van der Waals surface area contributed by atoms with Crippen LogP contribution in [0, 0.1) is 6.92 Å². The highest BCUT2D eigenvalue weighted by atomic mass is 32.1. The molecule has 2 aromatic rings. The fourth-order valence-corrected chi connectivity index (χ4v) is 2.41. The van der Waals surface area contributed by atoms with E-state index >= 15 is 0 Å². The van der Waals surface area contributed by atoms with Crippen LogP contribution in [0.3, 0.4) is 0 Å². The fourth-order valence-electron chi connectivity index (χ4n) is 2.17. The van der Waals surface area contributed by atoms with Crippen molar-refractivity contribution in [3.63, 3.8) is 0 Å². The number of methoxy groups -OCH3 is 1. The number of pyridine rings is 1. The van der Waals surface area contributed by atoms with E-state index in [0.717, 1.165) is 6.42 Å². The van der Waals surface area contributed by atoms with Gasteiger partial charge < -0.3 is 15.4 Å². The number of ether oxygens (including phenoxy) is 1. The van der Waals surface area contributed by atoms with Crippen LogP contribution in [0.25, 0.3) is 0 Å². The van der Waals surface area contributed by atoms with Crippen molar-refractivity contribution < 1.29 is 4.74 Å². The average molecular weight is 315 g/mol. The van der Waals surface area contributed by atoms with Gasteiger partial charge in [-0.3, -0.25) is 0 Å². The molecule has 4 nitrogen and oxygen atoms in total. The summed E-state index contributed by atoms with van der Waals surface area (Å²) in [5.74, 6) is 1.27. The molecular formula is C17H21N3OS. The highest BCUT2D eigenvalue weighted by molar-refractivity contribution is 7.80. The number of anilines is 1. The lowest BCUT2D eigenvalue weighted by Gasteiger charge is -2.20. The second-order valence-electron chi connectivity index (χ2n) is 5.02. The van der Waals surface area contributed by atoms with Gasteiger partial charge >= 0.3 is 0 Å². The Morgan fingerprint density at radius 1 is 1.27 bits per heavy atom. The molecule has 0 saturated heterocycles. The number of hydrogen-bond donors (Lipinski definition) is 2. The summed E-state index contributed by atoms with van der Waals surface area (Å²) in [6.07, 6.45) is 2.63. The Kier molecular flexibility index (Phi) is 5.72. The van der Waals surface area contributed by atoms with E-state index in [1.807, 2.05) is 12.1 Å². The lowest BCUT2D eigenvalue weighted by molar-refractivity contribution is 0.415. The molecule has 0 saturated carbocycles. The Morgan fingerprint density at radius 3 is 2.64 bits per heavy atom. The summed E-state index contributed by atoms with van der Waals surface area (Å²) in [6, 6.07) is 12.3. The zero-order valence-electron chi connectivity index (χ0n) is 13.1. The van der Waals surface area contributed by atoms with E-state index < -0.39 is 0 Å². The lowest BCUT2D eigenvalue weighted by atomic mass is 10.0. The van der Waals surface area contributed by atoms with E-state index in [-0.39, 0.29) is 6.04 Å². The topological polar surface area (TPSA) is 46.2 Å². The molecule has 1 aromatic heterocycles. The maximum atomic E-state index is 5.39. The van der Waals surface area contributed by atoms with Crippen molar-refractivity contribution >= 4 is 23.1 Å². The minimum Gasteiger partial charge on any atom is -0.493 e. The average Bonchev–Trinajstić information content (AvgIpc) is 2.54. The molecule has 1 atom stereocenters. The van der Waals surface area contributed by atoms with Crippen LogP contribution in [0.1, 0.15) is 30.5 Å². The molecule has 1 heterocycles. The van der Waals surface area contributed by atoms with Gasteiger partial charge in [-0.2, -0.15) is 0 Å². The number of nitrogens with zero attached hydrogens (tertiary/aromatic N) is 1. The maximum absolute atomic E-state index is 5.39. The van der Waals surface area contributed by atoms with E-state index in [4.69, 9.17) is 17.0 Å². The van der Waals surface area contributed by atoms with Gasteiger partial charge in [0.05, 0.1) is 13.2 Å². The molecule has 0 fully saturated rings. The normalized spacial score (nSPS) is 11.6. The number of aromatic nitrogens is 1. The van der Waals surface area contributed by atoms with Crippen molar-refractivity contribution in [2.75, 3.05) is 12.4 Å². The van der Waals surface area contributed by atoms with Gasteiger partial charge in [0, 0.05) is 6.20 Å². The van der Waals surface area contributed by atoms with Crippen molar-refractivity contribution in [3.05, 3.63) is 53.7 Å². The summed E-state index contributed by atoms with van der Waals surface area (Å²) in [7, 11) is 1.61. The Bertz CT molecular complexity index is 628. The second-order valence-corrected chi connectivity index (χ2v) is 5.43. The monoisotopic (exact) mass is 315 g/mol. The van der Waals surface area contributed by atoms with E-state index in [0.29, 0.717) is 16.7 Å². The standard InChI is InChI=1S/C17H21N3OS/c1-4-14(13-9-7-12(2)8-10-13)19-17(22)20-16-15(21-3)6-5-11-18-16/h5-11,14H,4H2,1-3H3,(H2,18,19,20,22)/t14-/m1/s1. The Hall–Kier alpha value is -2.14. The van der Waals surface area contributed by atoms with Gasteiger partial charge in [0.2, 0.25) is 0 Å². The number of thiocarbonyl (C=S) groups is 1. The van der Waals surface area contributed by atoms with Crippen LogP contribution < -0.4 is 15.4 Å². The first kappa shape index (κ1) is 16.2. The second kappa shape index (κ2) is 7.75. The minimum absolute atomic E-state index is 0.162. The molecule has 22 heavy (non-hydrogen) atoms. The van der Waals surface area contributed by atoms with Gasteiger partial charge in [-0.05, 0) is 43.3 Å². The smallest absolute Gasteiger partial charge is 0.174 e. The van der Waals surface area contributed by atoms with Gasteiger partial charge in [0.1, 0.15) is 0 Å².